The van der Waals surface area contributed by atoms with Crippen LogP contribution in [0.15, 0.2) is 47.1 Å². The average molecular weight is 370 g/mol. The molecule has 1 aliphatic heterocycles. The molecule has 1 fully saturated rings. The Balaban J connectivity index is 1.62. The van der Waals surface area contributed by atoms with E-state index in [1.807, 2.05) is 24.3 Å². The number of likely N-dealkylation sites (tertiary alicyclic amines) is 1. The first-order valence-corrected chi connectivity index (χ1v) is 9.93. The molecule has 0 saturated carbocycles. The van der Waals surface area contributed by atoms with Gasteiger partial charge in [-0.15, -0.1) is 0 Å². The van der Waals surface area contributed by atoms with Gasteiger partial charge in [0.1, 0.15) is 11.5 Å². The van der Waals surface area contributed by atoms with E-state index in [9.17, 15) is 4.79 Å². The summed E-state index contributed by atoms with van der Waals surface area (Å²) in [6.07, 6.45) is 7.76. The lowest BCUT2D eigenvalue weighted by atomic mass is 10.0. The van der Waals surface area contributed by atoms with Gasteiger partial charge in [-0.05, 0) is 55.8 Å². The molecule has 0 spiro atoms. The summed E-state index contributed by atoms with van der Waals surface area (Å²) in [7, 11) is 1.68. The third kappa shape index (κ3) is 5.86. The number of methoxy groups -OCH3 is 1. The largest absolute Gasteiger partial charge is 0.497 e. The number of nitrogens with one attached hydrogen (secondary N) is 1. The van der Waals surface area contributed by atoms with Gasteiger partial charge in [0.2, 0.25) is 5.91 Å². The molecule has 1 unspecified atom stereocenters. The van der Waals surface area contributed by atoms with Gasteiger partial charge >= 0.3 is 0 Å². The molecule has 1 saturated heterocycles. The molecule has 1 aromatic carbocycles. The van der Waals surface area contributed by atoms with Crippen LogP contribution in [0.25, 0.3) is 0 Å². The molecule has 1 amide bonds. The lowest BCUT2D eigenvalue weighted by molar-refractivity contribution is -0.121. The molecule has 5 heteroatoms. The summed E-state index contributed by atoms with van der Waals surface area (Å²) in [5, 5.41) is 3.14. The zero-order chi connectivity index (χ0) is 18.9. The van der Waals surface area contributed by atoms with E-state index in [4.69, 9.17) is 9.15 Å². The number of hydrogen-bond acceptors (Lipinski definition) is 4. The summed E-state index contributed by atoms with van der Waals surface area (Å²) in [5.41, 5.74) is 1.23. The molecule has 0 radical (unpaired) electrons. The van der Waals surface area contributed by atoms with Crippen LogP contribution in [0, 0.1) is 0 Å². The molecule has 5 nitrogen and oxygen atoms in total. The first kappa shape index (κ1) is 19.5. The first-order chi connectivity index (χ1) is 13.3. The SMILES string of the molecule is COc1ccc(C(CNC(=O)CCc2ccco2)N2CCCCCC2)cc1. The van der Waals surface area contributed by atoms with Crippen LogP contribution in [0.3, 0.4) is 0 Å². The lowest BCUT2D eigenvalue weighted by Gasteiger charge is -2.31. The summed E-state index contributed by atoms with van der Waals surface area (Å²) in [4.78, 5) is 14.8. The number of ether oxygens (including phenoxy) is 1. The van der Waals surface area contributed by atoms with Gasteiger partial charge in [0.15, 0.2) is 0 Å². The maximum Gasteiger partial charge on any atom is 0.220 e. The first-order valence-electron chi connectivity index (χ1n) is 9.93. The number of aryl methyl sites for hydroxylation is 1. The summed E-state index contributed by atoms with van der Waals surface area (Å²) in [6.45, 7) is 2.79. The number of hydrogen-bond donors (Lipinski definition) is 1. The molecule has 0 bridgehead atoms. The topological polar surface area (TPSA) is 54.7 Å². The second kappa shape index (κ2) is 10.2. The van der Waals surface area contributed by atoms with Gasteiger partial charge in [-0.2, -0.15) is 0 Å². The molecule has 2 aromatic rings. The van der Waals surface area contributed by atoms with Crippen LogP contribution < -0.4 is 10.1 Å². The predicted octanol–water partition coefficient (Wildman–Crippen LogP) is 3.95. The normalized spacial score (nSPS) is 16.5. The molecule has 3 rings (SSSR count). The van der Waals surface area contributed by atoms with E-state index in [-0.39, 0.29) is 11.9 Å². The van der Waals surface area contributed by atoms with E-state index >= 15 is 0 Å². The molecular formula is C22H30N2O3. The van der Waals surface area contributed by atoms with Gasteiger partial charge in [0, 0.05) is 19.4 Å². The molecule has 1 aromatic heterocycles. The molecule has 1 atom stereocenters. The van der Waals surface area contributed by atoms with Crippen molar-refractivity contribution in [2.45, 2.75) is 44.6 Å². The highest BCUT2D eigenvalue weighted by Gasteiger charge is 2.22. The summed E-state index contributed by atoms with van der Waals surface area (Å²) in [5.74, 6) is 1.78. The highest BCUT2D eigenvalue weighted by molar-refractivity contribution is 5.76. The standard InChI is InChI=1S/C22H30N2O3/c1-26-19-10-8-18(9-11-19)21(24-14-4-2-3-5-15-24)17-23-22(25)13-12-20-7-6-16-27-20/h6-11,16,21H,2-5,12-15,17H2,1H3,(H,23,25). The Morgan fingerprint density at radius 3 is 2.52 bits per heavy atom. The van der Waals surface area contributed by atoms with Crippen LogP contribution in [0.2, 0.25) is 0 Å². The van der Waals surface area contributed by atoms with Crippen molar-refractivity contribution < 1.29 is 13.9 Å². The Morgan fingerprint density at radius 1 is 1.15 bits per heavy atom. The van der Waals surface area contributed by atoms with Gasteiger partial charge < -0.3 is 14.5 Å². The fourth-order valence-electron chi connectivity index (χ4n) is 3.68. The Bertz CT molecular complexity index is 674. The van der Waals surface area contributed by atoms with Crippen molar-refractivity contribution in [1.82, 2.24) is 10.2 Å². The molecular weight excluding hydrogens is 340 g/mol. The zero-order valence-corrected chi connectivity index (χ0v) is 16.2. The highest BCUT2D eigenvalue weighted by Crippen LogP contribution is 2.25. The molecule has 1 aliphatic rings. The van der Waals surface area contributed by atoms with Crippen LogP contribution >= 0.6 is 0 Å². The van der Waals surface area contributed by atoms with E-state index in [0.29, 0.717) is 19.4 Å². The molecule has 1 N–H and O–H groups in total. The van der Waals surface area contributed by atoms with Crippen LogP contribution in [0.1, 0.15) is 49.5 Å². The van der Waals surface area contributed by atoms with E-state index in [0.717, 1.165) is 24.6 Å². The Labute approximate surface area is 161 Å². The molecule has 0 aliphatic carbocycles. The van der Waals surface area contributed by atoms with Gasteiger partial charge in [-0.25, -0.2) is 0 Å². The molecule has 27 heavy (non-hydrogen) atoms. The average Bonchev–Trinajstić information content (AvgIpc) is 3.09. The van der Waals surface area contributed by atoms with Crippen LogP contribution in [-0.2, 0) is 11.2 Å². The lowest BCUT2D eigenvalue weighted by Crippen LogP contribution is -2.38. The highest BCUT2D eigenvalue weighted by atomic mass is 16.5. The minimum atomic E-state index is 0.0692. The maximum atomic E-state index is 12.3. The number of benzene rings is 1. The van der Waals surface area contributed by atoms with Crippen molar-refractivity contribution in [3.05, 3.63) is 54.0 Å². The van der Waals surface area contributed by atoms with Gasteiger partial charge in [-0.3, -0.25) is 9.69 Å². The second-order valence-electron chi connectivity index (χ2n) is 7.12. The Morgan fingerprint density at radius 2 is 1.89 bits per heavy atom. The maximum absolute atomic E-state index is 12.3. The monoisotopic (exact) mass is 370 g/mol. The van der Waals surface area contributed by atoms with Crippen molar-refractivity contribution >= 4 is 5.91 Å². The van der Waals surface area contributed by atoms with E-state index in [2.05, 4.69) is 22.3 Å². The number of carbonyl (C=O) groups is 1. The fraction of sp³-hybridized carbons (Fsp3) is 0.500. The second-order valence-corrected chi connectivity index (χ2v) is 7.12. The predicted molar refractivity (Wildman–Crippen MR) is 106 cm³/mol. The number of rotatable bonds is 8. The van der Waals surface area contributed by atoms with Gasteiger partial charge in [-0.1, -0.05) is 25.0 Å². The van der Waals surface area contributed by atoms with Crippen molar-refractivity contribution in [3.8, 4) is 5.75 Å². The minimum absolute atomic E-state index is 0.0692. The van der Waals surface area contributed by atoms with Crippen LogP contribution in [0.4, 0.5) is 0 Å². The smallest absolute Gasteiger partial charge is 0.220 e. The van der Waals surface area contributed by atoms with E-state index < -0.39 is 0 Å². The van der Waals surface area contributed by atoms with Crippen molar-refractivity contribution in [1.29, 1.82) is 0 Å². The summed E-state index contributed by atoms with van der Waals surface area (Å²) < 4.78 is 10.6. The number of furan rings is 1. The van der Waals surface area contributed by atoms with Crippen LogP contribution in [-0.4, -0.2) is 37.6 Å². The number of nitrogens with zero attached hydrogens (tertiary/aromatic N) is 1. The quantitative estimate of drug-likeness (QED) is 0.764. The molecule has 146 valence electrons. The van der Waals surface area contributed by atoms with Crippen molar-refractivity contribution in [2.75, 3.05) is 26.7 Å². The van der Waals surface area contributed by atoms with Gasteiger partial charge in [0.05, 0.1) is 19.4 Å². The third-order valence-electron chi connectivity index (χ3n) is 5.25. The van der Waals surface area contributed by atoms with Crippen molar-refractivity contribution in [3.63, 3.8) is 0 Å². The Hall–Kier alpha value is -2.27. The fourth-order valence-corrected chi connectivity index (χ4v) is 3.68. The minimum Gasteiger partial charge on any atom is -0.497 e. The van der Waals surface area contributed by atoms with Crippen molar-refractivity contribution in [2.24, 2.45) is 0 Å². The van der Waals surface area contributed by atoms with Gasteiger partial charge in [0.25, 0.3) is 0 Å². The van der Waals surface area contributed by atoms with Crippen LogP contribution in [0.5, 0.6) is 5.75 Å². The number of amides is 1. The summed E-state index contributed by atoms with van der Waals surface area (Å²) in [6, 6.07) is 12.2. The zero-order valence-electron chi connectivity index (χ0n) is 16.2. The van der Waals surface area contributed by atoms with E-state index in [1.165, 1.54) is 31.2 Å². The molecule has 2 heterocycles. The summed E-state index contributed by atoms with van der Waals surface area (Å²) >= 11 is 0. The van der Waals surface area contributed by atoms with E-state index in [1.54, 1.807) is 13.4 Å². The number of carbonyl (C=O) groups excluding carboxylic acids is 1. The Kier molecular flexibility index (Phi) is 7.34. The third-order valence-corrected chi connectivity index (χ3v) is 5.25.